The Morgan fingerprint density at radius 2 is 1.83 bits per heavy atom. The first-order valence-corrected chi connectivity index (χ1v) is 6.48. The highest BCUT2D eigenvalue weighted by atomic mass is 35.5. The van der Waals surface area contributed by atoms with E-state index in [0.29, 0.717) is 11.4 Å². The molecule has 96 valence electrons. The van der Waals surface area contributed by atoms with Crippen molar-refractivity contribution in [1.82, 2.24) is 4.98 Å². The Kier molecular flexibility index (Phi) is 4.64. The predicted octanol–water partition coefficient (Wildman–Crippen LogP) is 3.96. The summed E-state index contributed by atoms with van der Waals surface area (Å²) < 4.78 is 5.39. The molecule has 1 aromatic heterocycles. The number of hydrogen-bond donors (Lipinski definition) is 1. The molecule has 0 atom stereocenters. The van der Waals surface area contributed by atoms with Gasteiger partial charge in [0.1, 0.15) is 11.5 Å². The SMILES string of the molecule is OCCCCc1oc(Cl)nc1-c1ccc(Cl)cc1. The number of aryl methyl sites for hydroxylation is 1. The first kappa shape index (κ1) is 13.4. The average molecular weight is 286 g/mol. The fourth-order valence-corrected chi connectivity index (χ4v) is 2.03. The van der Waals surface area contributed by atoms with E-state index >= 15 is 0 Å². The Labute approximate surface area is 115 Å². The van der Waals surface area contributed by atoms with Crippen molar-refractivity contribution in [2.45, 2.75) is 19.3 Å². The first-order chi connectivity index (χ1) is 8.70. The molecule has 2 rings (SSSR count). The van der Waals surface area contributed by atoms with E-state index in [1.54, 1.807) is 12.1 Å². The molecule has 1 heterocycles. The number of benzene rings is 1. The highest BCUT2D eigenvalue weighted by Gasteiger charge is 2.13. The molecule has 0 saturated heterocycles. The van der Waals surface area contributed by atoms with Gasteiger partial charge in [0.05, 0.1) is 0 Å². The van der Waals surface area contributed by atoms with Crippen LogP contribution in [-0.4, -0.2) is 16.7 Å². The van der Waals surface area contributed by atoms with Crippen LogP contribution >= 0.6 is 23.2 Å². The van der Waals surface area contributed by atoms with Crippen molar-refractivity contribution in [2.75, 3.05) is 6.61 Å². The zero-order valence-electron chi connectivity index (χ0n) is 9.70. The number of halogens is 2. The number of aliphatic hydroxyl groups excluding tert-OH is 1. The molecule has 0 fully saturated rings. The third kappa shape index (κ3) is 3.25. The third-order valence-electron chi connectivity index (χ3n) is 2.60. The van der Waals surface area contributed by atoms with Gasteiger partial charge >= 0.3 is 0 Å². The summed E-state index contributed by atoms with van der Waals surface area (Å²) in [6.07, 6.45) is 2.28. The van der Waals surface area contributed by atoms with Gasteiger partial charge in [-0.15, -0.1) is 0 Å². The quantitative estimate of drug-likeness (QED) is 0.846. The van der Waals surface area contributed by atoms with Crippen molar-refractivity contribution < 1.29 is 9.52 Å². The topological polar surface area (TPSA) is 46.3 Å². The van der Waals surface area contributed by atoms with E-state index in [-0.39, 0.29) is 12.0 Å². The molecular weight excluding hydrogens is 273 g/mol. The summed E-state index contributed by atoms with van der Waals surface area (Å²) in [6.45, 7) is 0.179. The van der Waals surface area contributed by atoms with Crippen molar-refractivity contribution in [3.05, 3.63) is 40.4 Å². The van der Waals surface area contributed by atoms with E-state index in [4.69, 9.17) is 32.7 Å². The summed E-state index contributed by atoms with van der Waals surface area (Å²) in [7, 11) is 0. The van der Waals surface area contributed by atoms with Crippen LogP contribution in [0.1, 0.15) is 18.6 Å². The third-order valence-corrected chi connectivity index (χ3v) is 3.01. The smallest absolute Gasteiger partial charge is 0.292 e. The molecule has 5 heteroatoms. The lowest BCUT2D eigenvalue weighted by Crippen LogP contribution is -1.90. The Bertz CT molecular complexity index is 508. The highest BCUT2D eigenvalue weighted by Crippen LogP contribution is 2.28. The summed E-state index contributed by atoms with van der Waals surface area (Å²) >= 11 is 11.7. The van der Waals surface area contributed by atoms with E-state index in [1.807, 2.05) is 12.1 Å². The molecule has 0 unspecified atom stereocenters. The summed E-state index contributed by atoms with van der Waals surface area (Å²) in [5.74, 6) is 0.746. The largest absolute Gasteiger partial charge is 0.432 e. The van der Waals surface area contributed by atoms with E-state index in [1.165, 1.54) is 0 Å². The monoisotopic (exact) mass is 285 g/mol. The highest BCUT2D eigenvalue weighted by molar-refractivity contribution is 6.30. The van der Waals surface area contributed by atoms with Crippen LogP contribution in [0.2, 0.25) is 10.4 Å². The molecule has 0 aliphatic heterocycles. The minimum absolute atomic E-state index is 0.138. The number of unbranched alkanes of at least 4 members (excludes halogenated alkanes) is 1. The van der Waals surface area contributed by atoms with Crippen LogP contribution in [0.15, 0.2) is 28.7 Å². The lowest BCUT2D eigenvalue weighted by atomic mass is 10.1. The number of aliphatic hydroxyl groups is 1. The second-order valence-electron chi connectivity index (χ2n) is 3.93. The van der Waals surface area contributed by atoms with Crippen LogP contribution in [0, 0.1) is 0 Å². The van der Waals surface area contributed by atoms with Gasteiger partial charge in [-0.1, -0.05) is 23.7 Å². The fourth-order valence-electron chi connectivity index (χ4n) is 1.72. The molecule has 2 aromatic rings. The van der Waals surface area contributed by atoms with Gasteiger partial charge in [0.15, 0.2) is 0 Å². The van der Waals surface area contributed by atoms with Gasteiger partial charge in [-0.05, 0) is 36.6 Å². The summed E-state index contributed by atoms with van der Waals surface area (Å²) in [4.78, 5) is 4.18. The molecule has 0 aliphatic carbocycles. The van der Waals surface area contributed by atoms with E-state index in [0.717, 1.165) is 29.9 Å². The van der Waals surface area contributed by atoms with Crippen molar-refractivity contribution in [1.29, 1.82) is 0 Å². The van der Waals surface area contributed by atoms with Crippen LogP contribution < -0.4 is 0 Å². The predicted molar refractivity (Wildman–Crippen MR) is 72.0 cm³/mol. The lowest BCUT2D eigenvalue weighted by Gasteiger charge is -2.01. The second-order valence-corrected chi connectivity index (χ2v) is 4.69. The molecule has 0 spiro atoms. The van der Waals surface area contributed by atoms with Gasteiger partial charge < -0.3 is 9.52 Å². The van der Waals surface area contributed by atoms with Gasteiger partial charge in [0, 0.05) is 23.6 Å². The van der Waals surface area contributed by atoms with Crippen molar-refractivity contribution in [3.8, 4) is 11.3 Å². The minimum Gasteiger partial charge on any atom is -0.432 e. The molecule has 1 aromatic carbocycles. The Morgan fingerprint density at radius 3 is 2.50 bits per heavy atom. The maximum atomic E-state index is 8.78. The van der Waals surface area contributed by atoms with Crippen LogP contribution in [0.4, 0.5) is 0 Å². The van der Waals surface area contributed by atoms with Crippen LogP contribution in [0.5, 0.6) is 0 Å². The molecular formula is C13H13Cl2NO2. The number of hydrogen-bond acceptors (Lipinski definition) is 3. The van der Waals surface area contributed by atoms with Crippen LogP contribution in [-0.2, 0) is 6.42 Å². The average Bonchev–Trinajstić information content (AvgIpc) is 2.72. The van der Waals surface area contributed by atoms with Crippen LogP contribution in [0.3, 0.4) is 0 Å². The Hall–Kier alpha value is -1.03. The van der Waals surface area contributed by atoms with Gasteiger partial charge in [-0.25, -0.2) is 0 Å². The summed E-state index contributed by atoms with van der Waals surface area (Å²) in [5.41, 5.74) is 1.67. The normalized spacial score (nSPS) is 10.8. The Balaban J connectivity index is 2.23. The van der Waals surface area contributed by atoms with Crippen LogP contribution in [0.25, 0.3) is 11.3 Å². The molecule has 0 bridgehead atoms. The second kappa shape index (κ2) is 6.23. The molecule has 1 N–H and O–H groups in total. The number of oxazole rings is 1. The standard InChI is InChI=1S/C13H13Cl2NO2/c14-10-6-4-9(5-7-10)12-11(3-1-2-8-17)18-13(15)16-12/h4-7,17H,1-3,8H2. The van der Waals surface area contributed by atoms with E-state index in [2.05, 4.69) is 4.98 Å². The number of nitrogens with zero attached hydrogens (tertiary/aromatic N) is 1. The fraction of sp³-hybridized carbons (Fsp3) is 0.308. The van der Waals surface area contributed by atoms with Crippen molar-refractivity contribution in [2.24, 2.45) is 0 Å². The molecule has 0 aliphatic rings. The molecule has 0 saturated carbocycles. The molecule has 3 nitrogen and oxygen atoms in total. The lowest BCUT2D eigenvalue weighted by molar-refractivity contribution is 0.283. The van der Waals surface area contributed by atoms with Gasteiger partial charge in [0.2, 0.25) is 0 Å². The van der Waals surface area contributed by atoms with Gasteiger partial charge in [-0.2, -0.15) is 4.98 Å². The number of aromatic nitrogens is 1. The van der Waals surface area contributed by atoms with Gasteiger partial charge in [0.25, 0.3) is 5.35 Å². The van der Waals surface area contributed by atoms with Crippen molar-refractivity contribution in [3.63, 3.8) is 0 Å². The first-order valence-electron chi connectivity index (χ1n) is 5.72. The minimum atomic E-state index is 0.138. The van der Waals surface area contributed by atoms with E-state index in [9.17, 15) is 0 Å². The maximum absolute atomic E-state index is 8.78. The molecule has 18 heavy (non-hydrogen) atoms. The molecule has 0 amide bonds. The van der Waals surface area contributed by atoms with Crippen molar-refractivity contribution >= 4 is 23.2 Å². The van der Waals surface area contributed by atoms with Gasteiger partial charge in [-0.3, -0.25) is 0 Å². The number of rotatable bonds is 5. The summed E-state index contributed by atoms with van der Waals surface area (Å²) in [6, 6.07) is 7.37. The zero-order valence-corrected chi connectivity index (χ0v) is 11.2. The maximum Gasteiger partial charge on any atom is 0.292 e. The van der Waals surface area contributed by atoms with E-state index < -0.39 is 0 Å². The molecule has 0 radical (unpaired) electrons. The zero-order chi connectivity index (χ0) is 13.0. The summed E-state index contributed by atoms with van der Waals surface area (Å²) in [5, 5.41) is 9.59. The Morgan fingerprint density at radius 1 is 1.11 bits per heavy atom.